The van der Waals surface area contributed by atoms with E-state index in [9.17, 15) is 0 Å². The molecule has 4 aromatic carbocycles. The van der Waals surface area contributed by atoms with Gasteiger partial charge in [0.25, 0.3) is 0 Å². The zero-order valence-corrected chi connectivity index (χ0v) is 19.7. The number of hydrogen-bond donors (Lipinski definition) is 0. The Morgan fingerprint density at radius 2 is 1.50 bits per heavy atom. The molecule has 0 aliphatic carbocycles. The molecule has 160 valence electrons. The van der Waals surface area contributed by atoms with E-state index < -0.39 is 0 Å². The minimum absolute atomic E-state index is 0.384. The molecule has 0 aliphatic rings. The van der Waals surface area contributed by atoms with Gasteiger partial charge in [-0.3, -0.25) is 0 Å². The lowest BCUT2D eigenvalue weighted by atomic mass is 9.86. The highest BCUT2D eigenvalue weighted by molar-refractivity contribution is 6.13. The number of benzene rings is 4. The Bertz CT molecular complexity index is 1450. The van der Waals surface area contributed by atoms with Gasteiger partial charge in [0.05, 0.1) is 5.52 Å². The molecule has 1 aromatic heterocycles. The predicted octanol–water partition coefficient (Wildman–Crippen LogP) is 8.89. The Balaban J connectivity index is 2.01. The van der Waals surface area contributed by atoms with E-state index in [0.717, 1.165) is 6.42 Å². The van der Waals surface area contributed by atoms with Crippen molar-refractivity contribution in [3.8, 4) is 22.3 Å². The molecule has 0 bridgehead atoms. The molecule has 5 rings (SSSR count). The standard InChI is InChI=1S/C31H31N/c1-6-23-13-7-8-15-25(23)30-22(5)31-28(19-27(30)24-14-11-12-21(4)18-24)26-16-9-10-17-29(26)32(31)20(2)3/h7-20H,6H2,1-5H3. The molecule has 0 aliphatic heterocycles. The Labute approximate surface area is 191 Å². The van der Waals surface area contributed by atoms with Crippen molar-refractivity contribution < 1.29 is 0 Å². The monoisotopic (exact) mass is 417 g/mol. The van der Waals surface area contributed by atoms with Crippen LogP contribution in [0.4, 0.5) is 0 Å². The van der Waals surface area contributed by atoms with Crippen LogP contribution in [0.5, 0.6) is 0 Å². The summed E-state index contributed by atoms with van der Waals surface area (Å²) < 4.78 is 2.53. The summed E-state index contributed by atoms with van der Waals surface area (Å²) in [5, 5.41) is 2.68. The topological polar surface area (TPSA) is 4.93 Å². The third-order valence-electron chi connectivity index (χ3n) is 6.75. The molecule has 1 heterocycles. The van der Waals surface area contributed by atoms with E-state index in [1.54, 1.807) is 0 Å². The lowest BCUT2D eigenvalue weighted by Crippen LogP contribution is -2.03. The summed E-state index contributed by atoms with van der Waals surface area (Å²) in [5.41, 5.74) is 12.1. The van der Waals surface area contributed by atoms with Crippen molar-refractivity contribution >= 4 is 21.8 Å². The summed E-state index contributed by atoms with van der Waals surface area (Å²) in [4.78, 5) is 0. The molecule has 0 unspecified atom stereocenters. The van der Waals surface area contributed by atoms with E-state index in [1.165, 1.54) is 60.8 Å². The highest BCUT2D eigenvalue weighted by atomic mass is 15.0. The molecule has 1 nitrogen and oxygen atoms in total. The van der Waals surface area contributed by atoms with Gasteiger partial charge in [0.2, 0.25) is 0 Å². The van der Waals surface area contributed by atoms with Crippen LogP contribution in [0.3, 0.4) is 0 Å². The number of fused-ring (bicyclic) bond motifs is 3. The van der Waals surface area contributed by atoms with Crippen LogP contribution >= 0.6 is 0 Å². The Morgan fingerprint density at radius 1 is 0.750 bits per heavy atom. The van der Waals surface area contributed by atoms with Gasteiger partial charge in [-0.15, -0.1) is 0 Å². The molecule has 32 heavy (non-hydrogen) atoms. The Morgan fingerprint density at radius 3 is 2.25 bits per heavy atom. The van der Waals surface area contributed by atoms with Crippen molar-refractivity contribution in [2.24, 2.45) is 0 Å². The summed E-state index contributed by atoms with van der Waals surface area (Å²) in [6.45, 7) is 11.3. The van der Waals surface area contributed by atoms with E-state index >= 15 is 0 Å². The first-order valence-corrected chi connectivity index (χ1v) is 11.7. The van der Waals surface area contributed by atoms with Crippen LogP contribution in [0, 0.1) is 13.8 Å². The van der Waals surface area contributed by atoms with Crippen LogP contribution in [0.1, 0.15) is 43.5 Å². The molecule has 0 fully saturated rings. The average Bonchev–Trinajstić information content (AvgIpc) is 3.14. The molecule has 0 radical (unpaired) electrons. The maximum absolute atomic E-state index is 2.53. The van der Waals surface area contributed by atoms with E-state index in [-0.39, 0.29) is 0 Å². The quantitative estimate of drug-likeness (QED) is 0.275. The Kier molecular flexibility index (Phi) is 5.13. The molecular formula is C31H31N. The van der Waals surface area contributed by atoms with Gasteiger partial charge in [0.15, 0.2) is 0 Å². The van der Waals surface area contributed by atoms with Gasteiger partial charge in [-0.05, 0) is 79.6 Å². The van der Waals surface area contributed by atoms with Crippen LogP contribution in [-0.4, -0.2) is 4.57 Å². The fraction of sp³-hybridized carbons (Fsp3) is 0.226. The third-order valence-corrected chi connectivity index (χ3v) is 6.75. The third kappa shape index (κ3) is 3.15. The summed E-state index contributed by atoms with van der Waals surface area (Å²) in [5.74, 6) is 0. The van der Waals surface area contributed by atoms with Crippen molar-refractivity contribution in [3.63, 3.8) is 0 Å². The number of para-hydroxylation sites is 1. The van der Waals surface area contributed by atoms with Crippen molar-refractivity contribution in [2.45, 2.75) is 47.1 Å². The normalized spacial score (nSPS) is 11.7. The van der Waals surface area contributed by atoms with Crippen molar-refractivity contribution in [3.05, 3.63) is 95.6 Å². The molecule has 0 amide bonds. The smallest absolute Gasteiger partial charge is 0.0530 e. The molecule has 0 atom stereocenters. The fourth-order valence-electron chi connectivity index (χ4n) is 5.35. The molecule has 1 heteroatoms. The average molecular weight is 418 g/mol. The lowest BCUT2D eigenvalue weighted by molar-refractivity contribution is 0.641. The minimum atomic E-state index is 0.384. The Hall–Kier alpha value is -3.32. The van der Waals surface area contributed by atoms with Crippen LogP contribution in [0.25, 0.3) is 44.1 Å². The van der Waals surface area contributed by atoms with Crippen LogP contribution in [0.15, 0.2) is 78.9 Å². The highest BCUT2D eigenvalue weighted by Gasteiger charge is 2.21. The minimum Gasteiger partial charge on any atom is -0.338 e. The SMILES string of the molecule is CCc1ccccc1-c1c(-c2cccc(C)c2)cc2c3ccccc3n(C(C)C)c2c1C. The second-order valence-electron chi connectivity index (χ2n) is 9.18. The van der Waals surface area contributed by atoms with Crippen molar-refractivity contribution in [2.75, 3.05) is 0 Å². The van der Waals surface area contributed by atoms with E-state index in [2.05, 4.69) is 118 Å². The van der Waals surface area contributed by atoms with E-state index in [0.29, 0.717) is 6.04 Å². The molecule has 0 saturated heterocycles. The van der Waals surface area contributed by atoms with E-state index in [1.807, 2.05) is 0 Å². The molecule has 0 spiro atoms. The first kappa shape index (κ1) is 20.6. The molecule has 0 N–H and O–H groups in total. The van der Waals surface area contributed by atoms with Gasteiger partial charge in [-0.25, -0.2) is 0 Å². The second kappa shape index (κ2) is 7.98. The van der Waals surface area contributed by atoms with E-state index in [4.69, 9.17) is 0 Å². The first-order chi connectivity index (χ1) is 15.5. The van der Waals surface area contributed by atoms with Gasteiger partial charge < -0.3 is 4.57 Å². The van der Waals surface area contributed by atoms with Crippen LogP contribution in [0.2, 0.25) is 0 Å². The predicted molar refractivity (Wildman–Crippen MR) is 140 cm³/mol. The molecule has 0 saturated carbocycles. The number of aryl methyl sites for hydroxylation is 3. The van der Waals surface area contributed by atoms with Gasteiger partial charge in [-0.1, -0.05) is 79.2 Å². The fourth-order valence-corrected chi connectivity index (χ4v) is 5.35. The summed E-state index contributed by atoms with van der Waals surface area (Å²) in [6, 6.07) is 29.5. The largest absolute Gasteiger partial charge is 0.338 e. The second-order valence-corrected chi connectivity index (χ2v) is 9.18. The van der Waals surface area contributed by atoms with Gasteiger partial charge in [-0.2, -0.15) is 0 Å². The zero-order chi connectivity index (χ0) is 22.4. The summed E-state index contributed by atoms with van der Waals surface area (Å²) in [7, 11) is 0. The van der Waals surface area contributed by atoms with Crippen molar-refractivity contribution in [1.82, 2.24) is 4.57 Å². The first-order valence-electron chi connectivity index (χ1n) is 11.7. The highest BCUT2D eigenvalue weighted by Crippen LogP contribution is 2.44. The van der Waals surface area contributed by atoms with Crippen LogP contribution < -0.4 is 0 Å². The number of rotatable bonds is 4. The molecule has 5 aromatic rings. The number of nitrogens with zero attached hydrogens (tertiary/aromatic N) is 1. The maximum atomic E-state index is 2.53. The summed E-state index contributed by atoms with van der Waals surface area (Å²) in [6.07, 6.45) is 1.02. The molecular weight excluding hydrogens is 386 g/mol. The van der Waals surface area contributed by atoms with Gasteiger partial charge in [0, 0.05) is 22.3 Å². The zero-order valence-electron chi connectivity index (χ0n) is 19.7. The lowest BCUT2D eigenvalue weighted by Gasteiger charge is -2.20. The maximum Gasteiger partial charge on any atom is 0.0530 e. The van der Waals surface area contributed by atoms with Gasteiger partial charge >= 0.3 is 0 Å². The van der Waals surface area contributed by atoms with Gasteiger partial charge in [0.1, 0.15) is 0 Å². The van der Waals surface area contributed by atoms with Crippen LogP contribution in [-0.2, 0) is 6.42 Å². The summed E-state index contributed by atoms with van der Waals surface area (Å²) >= 11 is 0. The number of hydrogen-bond acceptors (Lipinski definition) is 0. The van der Waals surface area contributed by atoms with Crippen molar-refractivity contribution in [1.29, 1.82) is 0 Å². The number of aromatic nitrogens is 1.